The maximum Gasteiger partial charge on any atom is 0.429 e. The summed E-state index contributed by atoms with van der Waals surface area (Å²) in [5.74, 6) is -6.28. The van der Waals surface area contributed by atoms with Crippen LogP contribution in [-0.4, -0.2) is 40.8 Å². The summed E-state index contributed by atoms with van der Waals surface area (Å²) < 4.78 is 54.3. The Hall–Kier alpha value is -5.33. The number of amides is 3. The summed E-state index contributed by atoms with van der Waals surface area (Å²) in [6, 6.07) is 8.89. The number of pyridine rings is 1. The lowest BCUT2D eigenvalue weighted by Crippen LogP contribution is -2.48. The summed E-state index contributed by atoms with van der Waals surface area (Å²) in [5, 5.41) is 5.78. The molecule has 0 aliphatic carbocycles. The van der Waals surface area contributed by atoms with E-state index in [1.54, 1.807) is 58.0 Å². The average Bonchev–Trinajstić information content (AvgIpc) is 2.97. The Morgan fingerprint density at radius 1 is 1.04 bits per heavy atom. The molecule has 244 valence electrons. The zero-order chi connectivity index (χ0) is 34.2. The molecule has 0 aliphatic heterocycles. The minimum Gasteiger partial charge on any atom is -0.482 e. The maximum atomic E-state index is 14.3. The van der Waals surface area contributed by atoms with Crippen LogP contribution in [0.1, 0.15) is 59.7 Å². The van der Waals surface area contributed by atoms with Gasteiger partial charge in [-0.2, -0.15) is 0 Å². The Bertz CT molecular complexity index is 1660. The van der Waals surface area contributed by atoms with Gasteiger partial charge in [0.15, 0.2) is 11.4 Å². The van der Waals surface area contributed by atoms with Gasteiger partial charge in [-0.3, -0.25) is 14.4 Å². The van der Waals surface area contributed by atoms with E-state index in [1.807, 2.05) is 0 Å². The van der Waals surface area contributed by atoms with Crippen molar-refractivity contribution >= 4 is 17.9 Å². The van der Waals surface area contributed by atoms with Crippen LogP contribution in [-0.2, 0) is 17.9 Å². The predicted octanol–water partition coefficient (Wildman–Crippen LogP) is 5.14. The number of rotatable bonds is 12. The fourth-order valence-corrected chi connectivity index (χ4v) is 4.03. The van der Waals surface area contributed by atoms with Gasteiger partial charge in [0.1, 0.15) is 35.2 Å². The van der Waals surface area contributed by atoms with Crippen LogP contribution >= 0.6 is 0 Å². The summed E-state index contributed by atoms with van der Waals surface area (Å²) in [6.07, 6.45) is 2.68. The molecule has 2 N–H and O–H groups in total. The Labute approximate surface area is 264 Å². The number of ether oxygens (including phenoxy) is 2. The zero-order valence-corrected chi connectivity index (χ0v) is 25.9. The standard InChI is InChI=1S/C33H35F3N4O6/c1-7-14-39(32(44)46-33(4,5)6)40-18-24(30(42)37-17-23-25(35)15-22(34)16-26(23)36)28(41)29(27(40)31(43)38-20(3)8-2)45-19-21-12-10-9-11-13-21/h7-13,15-16,18,20H,1-2,14,17,19H2,3-6H3,(H,37,42)(H,38,43)/t20-/m0/s1. The molecule has 2 aromatic carbocycles. The van der Waals surface area contributed by atoms with Crippen molar-refractivity contribution in [1.82, 2.24) is 15.3 Å². The number of hydrogen-bond acceptors (Lipinski definition) is 6. The largest absolute Gasteiger partial charge is 0.482 e. The highest BCUT2D eigenvalue weighted by Crippen LogP contribution is 2.21. The maximum absolute atomic E-state index is 14.3. The Morgan fingerprint density at radius 2 is 1.67 bits per heavy atom. The van der Waals surface area contributed by atoms with Crippen molar-refractivity contribution in [2.24, 2.45) is 0 Å². The average molecular weight is 641 g/mol. The van der Waals surface area contributed by atoms with E-state index in [2.05, 4.69) is 23.8 Å². The molecular formula is C33H35F3N4O6. The smallest absolute Gasteiger partial charge is 0.429 e. The predicted molar refractivity (Wildman–Crippen MR) is 166 cm³/mol. The van der Waals surface area contributed by atoms with Crippen molar-refractivity contribution in [2.75, 3.05) is 11.6 Å². The molecule has 0 aliphatic rings. The van der Waals surface area contributed by atoms with Crippen LogP contribution in [0.3, 0.4) is 0 Å². The summed E-state index contributed by atoms with van der Waals surface area (Å²) in [4.78, 5) is 54.4. The number of carbonyl (C=O) groups is 3. The normalized spacial score (nSPS) is 11.6. The van der Waals surface area contributed by atoms with Crippen LogP contribution in [0.4, 0.5) is 18.0 Å². The SMILES string of the molecule is C=CCN(C(=O)OC(C)(C)C)n1cc(C(=O)NCc2c(F)cc(F)cc2F)c(=O)c(OCc2ccccc2)c1C(=O)N[C@@H](C)C=C. The van der Waals surface area contributed by atoms with E-state index >= 15 is 0 Å². The van der Waals surface area contributed by atoms with Gasteiger partial charge in [0.05, 0.1) is 6.54 Å². The molecule has 0 unspecified atom stereocenters. The fraction of sp³-hybridized carbons (Fsp3) is 0.273. The highest BCUT2D eigenvalue weighted by atomic mass is 19.1. The second-order valence-electron chi connectivity index (χ2n) is 11.0. The Kier molecular flexibility index (Phi) is 11.5. The zero-order valence-electron chi connectivity index (χ0n) is 25.9. The van der Waals surface area contributed by atoms with E-state index < -0.39 is 81.5 Å². The molecule has 13 heteroatoms. The van der Waals surface area contributed by atoms with Gasteiger partial charge in [0.2, 0.25) is 5.43 Å². The number of hydrogen-bond donors (Lipinski definition) is 2. The first kappa shape index (κ1) is 35.2. The van der Waals surface area contributed by atoms with Gasteiger partial charge >= 0.3 is 6.09 Å². The van der Waals surface area contributed by atoms with Crippen LogP contribution in [0.2, 0.25) is 0 Å². The molecule has 0 saturated heterocycles. The first-order chi connectivity index (χ1) is 21.7. The van der Waals surface area contributed by atoms with Crippen LogP contribution in [0.15, 0.2) is 78.8 Å². The molecule has 3 rings (SSSR count). The highest BCUT2D eigenvalue weighted by Gasteiger charge is 2.32. The molecule has 1 heterocycles. The summed E-state index contributed by atoms with van der Waals surface area (Å²) >= 11 is 0. The van der Waals surface area contributed by atoms with Crippen molar-refractivity contribution in [3.05, 3.63) is 124 Å². The van der Waals surface area contributed by atoms with E-state index in [9.17, 15) is 32.3 Å². The minimum atomic E-state index is -1.26. The third kappa shape index (κ3) is 8.87. The van der Waals surface area contributed by atoms with Gasteiger partial charge in [-0.1, -0.05) is 42.5 Å². The van der Waals surface area contributed by atoms with Crippen molar-refractivity contribution in [2.45, 2.75) is 52.5 Å². The summed E-state index contributed by atoms with van der Waals surface area (Å²) in [6.45, 7) is 12.5. The third-order valence-corrected chi connectivity index (χ3v) is 6.24. The molecule has 1 atom stereocenters. The molecule has 0 fully saturated rings. The van der Waals surface area contributed by atoms with Gasteiger partial charge in [0, 0.05) is 36.5 Å². The minimum absolute atomic E-state index is 0.224. The number of halogens is 3. The summed E-state index contributed by atoms with van der Waals surface area (Å²) in [7, 11) is 0. The molecule has 0 spiro atoms. The van der Waals surface area contributed by atoms with Crippen molar-refractivity contribution < 1.29 is 37.0 Å². The van der Waals surface area contributed by atoms with E-state index in [0.717, 1.165) is 15.9 Å². The van der Waals surface area contributed by atoms with Crippen molar-refractivity contribution in [3.63, 3.8) is 0 Å². The van der Waals surface area contributed by atoms with Gasteiger partial charge < -0.3 is 20.1 Å². The number of carbonyl (C=O) groups excluding carboxylic acids is 3. The van der Waals surface area contributed by atoms with E-state index in [4.69, 9.17) is 9.47 Å². The van der Waals surface area contributed by atoms with Crippen LogP contribution in [0.5, 0.6) is 5.75 Å². The second kappa shape index (κ2) is 15.1. The Balaban J connectivity index is 2.25. The molecule has 3 amide bonds. The lowest BCUT2D eigenvalue weighted by Gasteiger charge is -2.30. The Morgan fingerprint density at radius 3 is 2.24 bits per heavy atom. The molecule has 0 radical (unpaired) electrons. The number of nitrogens with one attached hydrogen (secondary N) is 2. The van der Waals surface area contributed by atoms with E-state index in [-0.39, 0.29) is 13.2 Å². The lowest BCUT2D eigenvalue weighted by atomic mass is 10.1. The molecule has 1 aromatic heterocycles. The lowest BCUT2D eigenvalue weighted by molar-refractivity contribution is 0.0540. The summed E-state index contributed by atoms with van der Waals surface area (Å²) in [5.41, 5.74) is -3.24. The molecule has 10 nitrogen and oxygen atoms in total. The van der Waals surface area contributed by atoms with Gasteiger partial charge in [0.25, 0.3) is 11.8 Å². The molecule has 0 saturated carbocycles. The molecule has 3 aromatic rings. The van der Waals surface area contributed by atoms with Gasteiger partial charge in [-0.25, -0.2) is 27.7 Å². The van der Waals surface area contributed by atoms with Gasteiger partial charge in [-0.05, 0) is 33.3 Å². The second-order valence-corrected chi connectivity index (χ2v) is 11.0. The topological polar surface area (TPSA) is 119 Å². The van der Waals surface area contributed by atoms with E-state index in [0.29, 0.717) is 17.7 Å². The number of aromatic nitrogens is 1. The monoisotopic (exact) mass is 640 g/mol. The fourth-order valence-electron chi connectivity index (χ4n) is 4.03. The van der Waals surface area contributed by atoms with Crippen LogP contribution in [0, 0.1) is 17.5 Å². The van der Waals surface area contributed by atoms with E-state index in [1.165, 1.54) is 12.2 Å². The van der Waals surface area contributed by atoms with Crippen molar-refractivity contribution in [3.8, 4) is 5.75 Å². The van der Waals surface area contributed by atoms with Gasteiger partial charge in [-0.15, -0.1) is 13.2 Å². The van der Waals surface area contributed by atoms with Crippen LogP contribution < -0.4 is 25.8 Å². The van der Waals surface area contributed by atoms with Crippen molar-refractivity contribution in [1.29, 1.82) is 0 Å². The molecule has 46 heavy (non-hydrogen) atoms. The third-order valence-electron chi connectivity index (χ3n) is 6.24. The molecular weight excluding hydrogens is 605 g/mol. The first-order valence-electron chi connectivity index (χ1n) is 14.1. The first-order valence-corrected chi connectivity index (χ1v) is 14.1. The number of benzene rings is 2. The number of nitrogens with zero attached hydrogens (tertiary/aromatic N) is 2. The highest BCUT2D eigenvalue weighted by molar-refractivity contribution is 5.99. The quantitative estimate of drug-likeness (QED) is 0.265. The molecule has 0 bridgehead atoms. The van der Waals surface area contributed by atoms with Crippen LogP contribution in [0.25, 0.3) is 0 Å².